The minimum Gasteiger partial charge on any atom is -0.340 e. The molecule has 130 valence electrons. The van der Waals surface area contributed by atoms with Gasteiger partial charge in [-0.3, -0.25) is 9.78 Å². The fourth-order valence-electron chi connectivity index (χ4n) is 3.63. The molecule has 1 aromatic carbocycles. The Bertz CT molecular complexity index is 725. The Kier molecular flexibility index (Phi) is 4.51. The summed E-state index contributed by atoms with van der Waals surface area (Å²) < 4.78 is 0. The van der Waals surface area contributed by atoms with E-state index < -0.39 is 0 Å². The Balaban J connectivity index is 1.32. The number of amides is 1. The molecule has 1 aromatic heterocycles. The van der Waals surface area contributed by atoms with Crippen molar-refractivity contribution < 1.29 is 4.79 Å². The standard InChI is InChI=1S/C20H24N4O/c1-2-14-5-7-15(8-6-14)18-10-19(23-22-18)20(25)24-12-17(13-24)16-4-3-9-21-11-16/h3-9,11,17-19,22-23H,2,10,12-13H2,1H3. The first-order valence-electron chi connectivity index (χ1n) is 9.03. The SMILES string of the molecule is CCc1ccc(C2CC(C(=O)N3CC(c4cccnc4)C3)NN2)cc1. The van der Waals surface area contributed by atoms with Crippen molar-refractivity contribution in [2.75, 3.05) is 13.1 Å². The van der Waals surface area contributed by atoms with Crippen LogP contribution in [0, 0.1) is 0 Å². The van der Waals surface area contributed by atoms with Crippen LogP contribution < -0.4 is 10.9 Å². The highest BCUT2D eigenvalue weighted by Crippen LogP contribution is 2.29. The molecule has 1 amide bonds. The summed E-state index contributed by atoms with van der Waals surface area (Å²) in [5, 5.41) is 0. The zero-order chi connectivity index (χ0) is 17.2. The van der Waals surface area contributed by atoms with Gasteiger partial charge in [-0.05, 0) is 35.6 Å². The largest absolute Gasteiger partial charge is 0.340 e. The summed E-state index contributed by atoms with van der Waals surface area (Å²) in [6.07, 6.45) is 5.52. The van der Waals surface area contributed by atoms with Crippen LogP contribution in [0.25, 0.3) is 0 Å². The normalized spacial score (nSPS) is 23.5. The van der Waals surface area contributed by atoms with Crippen LogP contribution in [0.1, 0.15) is 42.0 Å². The van der Waals surface area contributed by atoms with Gasteiger partial charge in [-0.15, -0.1) is 0 Å². The van der Waals surface area contributed by atoms with Crippen molar-refractivity contribution in [2.24, 2.45) is 0 Å². The van der Waals surface area contributed by atoms with Crippen LogP contribution in [0.3, 0.4) is 0 Å². The molecule has 4 rings (SSSR count). The van der Waals surface area contributed by atoms with E-state index in [1.807, 2.05) is 17.2 Å². The summed E-state index contributed by atoms with van der Waals surface area (Å²) in [6, 6.07) is 12.7. The van der Waals surface area contributed by atoms with E-state index in [9.17, 15) is 4.79 Å². The number of likely N-dealkylation sites (tertiary alicyclic amines) is 1. The highest BCUT2D eigenvalue weighted by molar-refractivity contribution is 5.83. The molecule has 5 nitrogen and oxygen atoms in total. The molecule has 2 aliphatic heterocycles. The molecule has 25 heavy (non-hydrogen) atoms. The topological polar surface area (TPSA) is 57.3 Å². The van der Waals surface area contributed by atoms with E-state index in [0.29, 0.717) is 5.92 Å². The van der Waals surface area contributed by atoms with Crippen LogP contribution >= 0.6 is 0 Å². The van der Waals surface area contributed by atoms with Crippen molar-refractivity contribution in [1.29, 1.82) is 0 Å². The van der Waals surface area contributed by atoms with E-state index in [-0.39, 0.29) is 18.0 Å². The number of aromatic nitrogens is 1. The summed E-state index contributed by atoms with van der Waals surface area (Å²) in [4.78, 5) is 18.8. The van der Waals surface area contributed by atoms with E-state index in [4.69, 9.17) is 0 Å². The summed E-state index contributed by atoms with van der Waals surface area (Å²) in [7, 11) is 0. The molecule has 0 radical (unpaired) electrons. The van der Waals surface area contributed by atoms with E-state index in [1.54, 1.807) is 6.20 Å². The van der Waals surface area contributed by atoms with Crippen LogP contribution in [-0.2, 0) is 11.2 Å². The van der Waals surface area contributed by atoms with Crippen molar-refractivity contribution in [3.05, 3.63) is 65.5 Å². The quantitative estimate of drug-likeness (QED) is 0.898. The molecule has 0 bridgehead atoms. The zero-order valence-corrected chi connectivity index (χ0v) is 14.5. The second kappa shape index (κ2) is 6.94. The third-order valence-corrected chi connectivity index (χ3v) is 5.34. The molecule has 0 aliphatic carbocycles. The van der Waals surface area contributed by atoms with Gasteiger partial charge in [0.1, 0.15) is 6.04 Å². The lowest BCUT2D eigenvalue weighted by Crippen LogP contribution is -2.54. The smallest absolute Gasteiger partial charge is 0.241 e. The number of pyridine rings is 1. The fourth-order valence-corrected chi connectivity index (χ4v) is 3.63. The molecule has 3 heterocycles. The minimum absolute atomic E-state index is 0.147. The van der Waals surface area contributed by atoms with Gasteiger partial charge in [0.25, 0.3) is 0 Å². The second-order valence-corrected chi connectivity index (χ2v) is 6.95. The van der Waals surface area contributed by atoms with Gasteiger partial charge in [0.05, 0.1) is 0 Å². The minimum atomic E-state index is -0.147. The van der Waals surface area contributed by atoms with Crippen LogP contribution in [0.4, 0.5) is 0 Å². The van der Waals surface area contributed by atoms with Gasteiger partial charge in [-0.1, -0.05) is 37.3 Å². The molecule has 0 saturated carbocycles. The molecule has 2 atom stereocenters. The lowest BCUT2D eigenvalue weighted by molar-refractivity contribution is -0.137. The van der Waals surface area contributed by atoms with E-state index in [0.717, 1.165) is 25.9 Å². The predicted octanol–water partition coefficient (Wildman–Crippen LogP) is 2.18. The number of carbonyl (C=O) groups excluding carboxylic acids is 1. The number of hydrogen-bond donors (Lipinski definition) is 2. The first-order valence-corrected chi connectivity index (χ1v) is 9.03. The maximum Gasteiger partial charge on any atom is 0.241 e. The number of hydrogen-bond acceptors (Lipinski definition) is 4. The van der Waals surface area contributed by atoms with Gasteiger partial charge in [-0.2, -0.15) is 0 Å². The van der Waals surface area contributed by atoms with Gasteiger partial charge in [0.2, 0.25) is 5.91 Å². The van der Waals surface area contributed by atoms with Crippen molar-refractivity contribution in [1.82, 2.24) is 20.7 Å². The maximum atomic E-state index is 12.7. The molecule has 2 unspecified atom stereocenters. The lowest BCUT2D eigenvalue weighted by Gasteiger charge is -2.40. The number of nitrogens with one attached hydrogen (secondary N) is 2. The third-order valence-electron chi connectivity index (χ3n) is 5.34. The Hall–Kier alpha value is -2.24. The number of rotatable bonds is 4. The molecule has 5 heteroatoms. The summed E-state index contributed by atoms with van der Waals surface area (Å²) >= 11 is 0. The number of nitrogens with zero attached hydrogens (tertiary/aromatic N) is 2. The van der Waals surface area contributed by atoms with Gasteiger partial charge in [0.15, 0.2) is 0 Å². The Morgan fingerprint density at radius 3 is 2.64 bits per heavy atom. The second-order valence-electron chi connectivity index (χ2n) is 6.95. The summed E-state index contributed by atoms with van der Waals surface area (Å²) in [5.74, 6) is 0.615. The molecule has 2 N–H and O–H groups in total. The highest BCUT2D eigenvalue weighted by Gasteiger charge is 2.38. The predicted molar refractivity (Wildman–Crippen MR) is 96.8 cm³/mol. The highest BCUT2D eigenvalue weighted by atomic mass is 16.2. The molecule has 2 aromatic rings. The Labute approximate surface area is 148 Å². The van der Waals surface area contributed by atoms with Crippen LogP contribution in [-0.4, -0.2) is 34.9 Å². The van der Waals surface area contributed by atoms with Gasteiger partial charge < -0.3 is 4.90 Å². The van der Waals surface area contributed by atoms with Crippen LogP contribution in [0.5, 0.6) is 0 Å². The Morgan fingerprint density at radius 2 is 1.96 bits per heavy atom. The number of benzene rings is 1. The first kappa shape index (κ1) is 16.2. The van der Waals surface area contributed by atoms with Gasteiger partial charge in [0, 0.05) is 37.4 Å². The molecule has 2 saturated heterocycles. The lowest BCUT2D eigenvalue weighted by atomic mass is 9.91. The molecular formula is C20H24N4O. The van der Waals surface area contributed by atoms with Crippen molar-refractivity contribution in [2.45, 2.75) is 37.8 Å². The molecule has 0 spiro atoms. The number of hydrazine groups is 1. The summed E-state index contributed by atoms with van der Waals surface area (Å²) in [6.45, 7) is 3.74. The maximum absolute atomic E-state index is 12.7. The first-order chi connectivity index (χ1) is 12.2. The van der Waals surface area contributed by atoms with Gasteiger partial charge in [-0.25, -0.2) is 10.9 Å². The molecule has 2 aliphatic rings. The van der Waals surface area contributed by atoms with Crippen molar-refractivity contribution in [3.63, 3.8) is 0 Å². The fraction of sp³-hybridized carbons (Fsp3) is 0.400. The molecular weight excluding hydrogens is 312 g/mol. The monoisotopic (exact) mass is 336 g/mol. The Morgan fingerprint density at radius 1 is 1.16 bits per heavy atom. The van der Waals surface area contributed by atoms with Gasteiger partial charge >= 0.3 is 0 Å². The number of aryl methyl sites for hydroxylation is 1. The van der Waals surface area contributed by atoms with E-state index in [1.165, 1.54) is 16.7 Å². The average molecular weight is 336 g/mol. The van der Waals surface area contributed by atoms with Crippen molar-refractivity contribution >= 4 is 5.91 Å². The van der Waals surface area contributed by atoms with E-state index >= 15 is 0 Å². The third kappa shape index (κ3) is 3.30. The number of carbonyl (C=O) groups is 1. The molecule has 2 fully saturated rings. The van der Waals surface area contributed by atoms with Crippen LogP contribution in [0.15, 0.2) is 48.8 Å². The van der Waals surface area contributed by atoms with Crippen molar-refractivity contribution in [3.8, 4) is 0 Å². The van der Waals surface area contributed by atoms with E-state index in [2.05, 4.69) is 53.1 Å². The van der Waals surface area contributed by atoms with Crippen LogP contribution in [0.2, 0.25) is 0 Å². The average Bonchev–Trinajstić information content (AvgIpc) is 3.11. The summed E-state index contributed by atoms with van der Waals surface area (Å²) in [5.41, 5.74) is 10.3. The zero-order valence-electron chi connectivity index (χ0n) is 14.5.